The Kier molecular flexibility index (Phi) is 4.72. The third kappa shape index (κ3) is 2.99. The summed E-state index contributed by atoms with van der Waals surface area (Å²) >= 11 is 0. The van der Waals surface area contributed by atoms with Gasteiger partial charge in [-0.2, -0.15) is 4.31 Å². The number of benzene rings is 1. The van der Waals surface area contributed by atoms with Gasteiger partial charge in [-0.05, 0) is 37.8 Å². The van der Waals surface area contributed by atoms with Crippen LogP contribution in [0.1, 0.15) is 25.7 Å². The molecule has 112 valence electrons. The van der Waals surface area contributed by atoms with Crippen LogP contribution in [0, 0.1) is 11.6 Å². The second-order valence-corrected chi connectivity index (χ2v) is 6.71. The van der Waals surface area contributed by atoms with Crippen LogP contribution >= 0.6 is 0 Å². The summed E-state index contributed by atoms with van der Waals surface area (Å²) in [6.07, 6.45) is 2.45. The number of sulfonamides is 1. The third-order valence-corrected chi connectivity index (χ3v) is 5.48. The Bertz CT molecular complexity index is 577. The quantitative estimate of drug-likeness (QED) is 0.904. The lowest BCUT2D eigenvalue weighted by atomic mass is 10.1. The molecule has 1 aromatic rings. The molecule has 0 amide bonds. The summed E-state index contributed by atoms with van der Waals surface area (Å²) in [6.45, 7) is 0.324. The van der Waals surface area contributed by atoms with E-state index >= 15 is 0 Å². The molecule has 4 nitrogen and oxygen atoms in total. The largest absolute Gasteiger partial charge is 0.396 e. The summed E-state index contributed by atoms with van der Waals surface area (Å²) in [7, 11) is -3.96. The van der Waals surface area contributed by atoms with Crippen molar-refractivity contribution in [1.82, 2.24) is 4.31 Å². The molecule has 1 fully saturated rings. The highest BCUT2D eigenvalue weighted by molar-refractivity contribution is 7.89. The van der Waals surface area contributed by atoms with Crippen molar-refractivity contribution < 1.29 is 22.3 Å². The van der Waals surface area contributed by atoms with Crippen LogP contribution in [0.25, 0.3) is 0 Å². The maximum absolute atomic E-state index is 13.7. The fraction of sp³-hybridized carbons (Fsp3) is 0.538. The Morgan fingerprint density at radius 3 is 2.75 bits per heavy atom. The minimum atomic E-state index is -3.96. The molecule has 1 aliphatic rings. The van der Waals surface area contributed by atoms with E-state index in [9.17, 15) is 17.2 Å². The second kappa shape index (κ2) is 6.15. The van der Waals surface area contributed by atoms with E-state index in [1.165, 1.54) is 4.31 Å². The lowest BCUT2D eigenvalue weighted by Crippen LogP contribution is -2.36. The Balaban J connectivity index is 2.29. The second-order valence-electron chi connectivity index (χ2n) is 4.85. The minimum absolute atomic E-state index is 0.00467. The molecule has 1 aliphatic heterocycles. The molecular weight excluding hydrogens is 288 g/mol. The van der Waals surface area contributed by atoms with Gasteiger partial charge in [-0.3, -0.25) is 0 Å². The van der Waals surface area contributed by atoms with Gasteiger partial charge in [0, 0.05) is 25.3 Å². The van der Waals surface area contributed by atoms with E-state index in [1.54, 1.807) is 0 Å². The maximum atomic E-state index is 13.7. The Labute approximate surface area is 117 Å². The van der Waals surface area contributed by atoms with Crippen LogP contribution in [0.5, 0.6) is 0 Å². The molecule has 1 aromatic carbocycles. The van der Waals surface area contributed by atoms with Crippen LogP contribution < -0.4 is 0 Å². The van der Waals surface area contributed by atoms with E-state index in [0.29, 0.717) is 38.3 Å². The molecule has 1 heterocycles. The first-order valence-corrected chi connectivity index (χ1v) is 7.98. The molecule has 1 atom stereocenters. The molecule has 0 saturated carbocycles. The van der Waals surface area contributed by atoms with Crippen molar-refractivity contribution in [2.75, 3.05) is 13.2 Å². The summed E-state index contributed by atoms with van der Waals surface area (Å²) in [5, 5.41) is 8.84. The van der Waals surface area contributed by atoms with Crippen LogP contribution in [0.3, 0.4) is 0 Å². The fourth-order valence-electron chi connectivity index (χ4n) is 2.55. The molecule has 1 unspecified atom stereocenters. The molecule has 0 spiro atoms. The van der Waals surface area contributed by atoms with Crippen LogP contribution in [0.2, 0.25) is 0 Å². The Morgan fingerprint density at radius 2 is 2.10 bits per heavy atom. The predicted molar refractivity (Wildman–Crippen MR) is 69.6 cm³/mol. The lowest BCUT2D eigenvalue weighted by Gasteiger charge is -2.24. The Hall–Kier alpha value is -1.05. The van der Waals surface area contributed by atoms with E-state index in [2.05, 4.69) is 0 Å². The van der Waals surface area contributed by atoms with Gasteiger partial charge in [0.2, 0.25) is 10.0 Å². The first-order valence-electron chi connectivity index (χ1n) is 6.54. The summed E-state index contributed by atoms with van der Waals surface area (Å²) in [5.74, 6) is -1.88. The van der Waals surface area contributed by atoms with Crippen LogP contribution in [0.15, 0.2) is 23.1 Å². The van der Waals surface area contributed by atoms with Crippen molar-refractivity contribution in [2.45, 2.75) is 36.6 Å². The van der Waals surface area contributed by atoms with Crippen LogP contribution in [-0.2, 0) is 10.0 Å². The number of hydrogen-bond acceptors (Lipinski definition) is 3. The van der Waals surface area contributed by atoms with Crippen molar-refractivity contribution in [3.8, 4) is 0 Å². The molecule has 1 saturated heterocycles. The average molecular weight is 305 g/mol. The first kappa shape index (κ1) is 15.3. The van der Waals surface area contributed by atoms with Crippen LogP contribution in [-0.4, -0.2) is 37.0 Å². The van der Waals surface area contributed by atoms with Gasteiger partial charge in [0.05, 0.1) is 0 Å². The first-order chi connectivity index (χ1) is 9.46. The SMILES string of the molecule is O=S(=O)(c1ccc(F)cc1F)N1CCCC1CCCO. The normalized spacial score (nSPS) is 20.4. The molecule has 0 bridgehead atoms. The lowest BCUT2D eigenvalue weighted by molar-refractivity contribution is 0.264. The van der Waals surface area contributed by atoms with Crippen molar-refractivity contribution in [1.29, 1.82) is 0 Å². The van der Waals surface area contributed by atoms with Crippen LogP contribution in [0.4, 0.5) is 8.78 Å². The van der Waals surface area contributed by atoms with Crippen molar-refractivity contribution >= 4 is 10.0 Å². The standard InChI is InChI=1S/C13H17F2NO3S/c14-10-5-6-13(12(15)9-10)20(18,19)16-7-1-3-11(16)4-2-8-17/h5-6,9,11,17H,1-4,7-8H2. The van der Waals surface area contributed by atoms with E-state index in [4.69, 9.17) is 5.11 Å². The number of aliphatic hydroxyl groups is 1. The molecule has 7 heteroatoms. The maximum Gasteiger partial charge on any atom is 0.246 e. The summed E-state index contributed by atoms with van der Waals surface area (Å²) in [6, 6.07) is 2.25. The third-order valence-electron chi connectivity index (χ3n) is 3.50. The van der Waals surface area contributed by atoms with Gasteiger partial charge in [0.15, 0.2) is 0 Å². The highest BCUT2D eigenvalue weighted by atomic mass is 32.2. The highest BCUT2D eigenvalue weighted by Crippen LogP contribution is 2.29. The molecular formula is C13H17F2NO3S. The van der Waals surface area contributed by atoms with Gasteiger partial charge in [-0.25, -0.2) is 17.2 Å². The van der Waals surface area contributed by atoms with Crippen molar-refractivity contribution in [3.05, 3.63) is 29.8 Å². The summed E-state index contributed by atoms with van der Waals surface area (Å²) in [5.41, 5.74) is 0. The van der Waals surface area contributed by atoms with Gasteiger partial charge >= 0.3 is 0 Å². The smallest absolute Gasteiger partial charge is 0.246 e. The fourth-order valence-corrected chi connectivity index (χ4v) is 4.32. The van der Waals surface area contributed by atoms with Crippen molar-refractivity contribution in [3.63, 3.8) is 0 Å². The Morgan fingerprint density at radius 1 is 1.35 bits per heavy atom. The molecule has 0 aliphatic carbocycles. The minimum Gasteiger partial charge on any atom is -0.396 e. The average Bonchev–Trinajstić information content (AvgIpc) is 2.84. The van der Waals surface area contributed by atoms with Gasteiger partial charge in [-0.1, -0.05) is 0 Å². The molecule has 0 aromatic heterocycles. The van der Waals surface area contributed by atoms with E-state index in [-0.39, 0.29) is 12.6 Å². The van der Waals surface area contributed by atoms with Crippen molar-refractivity contribution in [2.24, 2.45) is 0 Å². The zero-order valence-corrected chi connectivity index (χ0v) is 11.7. The molecule has 0 radical (unpaired) electrons. The van der Waals surface area contributed by atoms with E-state index < -0.39 is 26.6 Å². The van der Waals surface area contributed by atoms with Gasteiger partial charge in [-0.15, -0.1) is 0 Å². The van der Waals surface area contributed by atoms with E-state index in [0.717, 1.165) is 12.1 Å². The number of halogens is 2. The van der Waals surface area contributed by atoms with Gasteiger partial charge in [0.1, 0.15) is 16.5 Å². The monoisotopic (exact) mass is 305 g/mol. The van der Waals surface area contributed by atoms with E-state index in [1.807, 2.05) is 0 Å². The van der Waals surface area contributed by atoms with Gasteiger partial charge in [0.25, 0.3) is 0 Å². The molecule has 20 heavy (non-hydrogen) atoms. The topological polar surface area (TPSA) is 57.6 Å². The van der Waals surface area contributed by atoms with Gasteiger partial charge < -0.3 is 5.11 Å². The predicted octanol–water partition coefficient (Wildman–Crippen LogP) is 1.89. The summed E-state index contributed by atoms with van der Waals surface area (Å²) < 4.78 is 52.7. The zero-order valence-electron chi connectivity index (χ0n) is 10.9. The number of aliphatic hydroxyl groups excluding tert-OH is 1. The molecule has 2 rings (SSSR count). The number of nitrogens with zero attached hydrogens (tertiary/aromatic N) is 1. The summed E-state index contributed by atoms with van der Waals surface area (Å²) in [4.78, 5) is -0.491. The molecule has 1 N–H and O–H groups in total. The zero-order chi connectivity index (χ0) is 14.8. The highest BCUT2D eigenvalue weighted by Gasteiger charge is 2.36. The number of hydrogen-bond donors (Lipinski definition) is 1. The number of rotatable bonds is 5.